The largest absolute Gasteiger partial charge is 0.398 e. The van der Waals surface area contributed by atoms with E-state index in [1.54, 1.807) is 18.3 Å². The van der Waals surface area contributed by atoms with Gasteiger partial charge in [0, 0.05) is 32.2 Å². The maximum atomic E-state index is 11.3. The van der Waals surface area contributed by atoms with Crippen LogP contribution in [0.25, 0.3) is 0 Å². The van der Waals surface area contributed by atoms with Crippen molar-refractivity contribution in [2.75, 3.05) is 17.7 Å². The summed E-state index contributed by atoms with van der Waals surface area (Å²) in [6.07, 6.45) is 3.59. The van der Waals surface area contributed by atoms with Crippen LogP contribution in [0.2, 0.25) is 0 Å². The molecule has 0 spiro atoms. The van der Waals surface area contributed by atoms with Crippen LogP contribution in [-0.2, 0) is 23.6 Å². The molecule has 1 aromatic carbocycles. The molecular formula is C12H17N5O2S. The molecule has 20 heavy (non-hydrogen) atoms. The first-order chi connectivity index (χ1) is 9.29. The normalized spacial score (nSPS) is 11.6. The third-order valence-electron chi connectivity index (χ3n) is 3.04. The Morgan fingerprint density at radius 3 is 2.60 bits per heavy atom. The molecule has 0 radical (unpaired) electrons. The highest BCUT2D eigenvalue weighted by molar-refractivity contribution is 7.89. The van der Waals surface area contributed by atoms with Gasteiger partial charge in [-0.25, -0.2) is 18.5 Å². The van der Waals surface area contributed by atoms with Crippen molar-refractivity contribution in [3.63, 3.8) is 0 Å². The number of aryl methyl sites for hydroxylation is 1. The van der Waals surface area contributed by atoms with Crippen LogP contribution in [0.3, 0.4) is 0 Å². The molecule has 0 aliphatic rings. The highest BCUT2D eigenvalue weighted by Gasteiger charge is 2.14. The Morgan fingerprint density at radius 2 is 2.10 bits per heavy atom. The predicted octanol–water partition coefficient (Wildman–Crippen LogP) is 0.286. The minimum Gasteiger partial charge on any atom is -0.398 e. The summed E-state index contributed by atoms with van der Waals surface area (Å²) in [5.41, 5.74) is 6.67. The number of nitrogens with zero attached hydrogens (tertiary/aromatic N) is 3. The average molecular weight is 295 g/mol. The molecule has 8 heteroatoms. The van der Waals surface area contributed by atoms with Crippen molar-refractivity contribution in [2.45, 2.75) is 11.4 Å². The summed E-state index contributed by atoms with van der Waals surface area (Å²) in [7, 11) is -0.00617. The van der Waals surface area contributed by atoms with Crippen molar-refractivity contribution >= 4 is 21.4 Å². The lowest BCUT2D eigenvalue weighted by Gasteiger charge is -2.20. The fraction of sp³-hybridized carbons (Fsp3) is 0.250. The second-order valence-corrected chi connectivity index (χ2v) is 6.11. The van der Waals surface area contributed by atoms with E-state index in [4.69, 9.17) is 10.9 Å². The van der Waals surface area contributed by atoms with E-state index in [2.05, 4.69) is 4.98 Å². The summed E-state index contributed by atoms with van der Waals surface area (Å²) < 4.78 is 24.5. The predicted molar refractivity (Wildman–Crippen MR) is 77.5 cm³/mol. The fourth-order valence-corrected chi connectivity index (χ4v) is 2.53. The van der Waals surface area contributed by atoms with Gasteiger partial charge in [-0.3, -0.25) is 0 Å². The number of hydrogen-bond donors (Lipinski definition) is 2. The Morgan fingerprint density at radius 1 is 1.40 bits per heavy atom. The third kappa shape index (κ3) is 2.91. The third-order valence-corrected chi connectivity index (χ3v) is 4.03. The molecule has 7 nitrogen and oxygen atoms in total. The fourth-order valence-electron chi connectivity index (χ4n) is 1.88. The van der Waals surface area contributed by atoms with Crippen LogP contribution in [0, 0.1) is 0 Å². The average Bonchev–Trinajstić information content (AvgIpc) is 2.73. The van der Waals surface area contributed by atoms with Gasteiger partial charge < -0.3 is 15.2 Å². The first kappa shape index (κ1) is 14.4. The van der Waals surface area contributed by atoms with Gasteiger partial charge in [0.25, 0.3) is 0 Å². The molecular weight excluding hydrogens is 278 g/mol. The molecule has 0 aliphatic carbocycles. The number of anilines is 2. The SMILES string of the molecule is CN(Cc1nccn1C)c1ccc(S(N)(=O)=O)c(N)c1. The summed E-state index contributed by atoms with van der Waals surface area (Å²) in [6, 6.07) is 4.66. The molecule has 0 aliphatic heterocycles. The zero-order chi connectivity index (χ0) is 14.9. The summed E-state index contributed by atoms with van der Waals surface area (Å²) in [4.78, 5) is 6.09. The second kappa shape index (κ2) is 5.14. The summed E-state index contributed by atoms with van der Waals surface area (Å²) in [5.74, 6) is 0.890. The number of hydrogen-bond acceptors (Lipinski definition) is 5. The highest BCUT2D eigenvalue weighted by atomic mass is 32.2. The lowest BCUT2D eigenvalue weighted by atomic mass is 10.2. The smallest absolute Gasteiger partial charge is 0.240 e. The second-order valence-electron chi connectivity index (χ2n) is 4.58. The Labute approximate surface area is 117 Å². The van der Waals surface area contributed by atoms with Crippen LogP contribution in [0.1, 0.15) is 5.82 Å². The standard InChI is InChI=1S/C12H17N5O2S/c1-16-6-5-15-12(16)8-17(2)9-3-4-11(10(13)7-9)20(14,18)19/h3-7H,8,13H2,1-2H3,(H2,14,18,19). The Kier molecular flexibility index (Phi) is 3.69. The van der Waals surface area contributed by atoms with Gasteiger partial charge in [-0.1, -0.05) is 0 Å². The Bertz CT molecular complexity index is 723. The monoisotopic (exact) mass is 295 g/mol. The molecule has 108 valence electrons. The van der Waals surface area contributed by atoms with Gasteiger partial charge in [0.05, 0.1) is 12.2 Å². The molecule has 0 amide bonds. The number of benzene rings is 1. The number of sulfonamides is 1. The van der Waals surface area contributed by atoms with E-state index < -0.39 is 10.0 Å². The van der Waals surface area contributed by atoms with Crippen molar-refractivity contribution in [3.8, 4) is 0 Å². The highest BCUT2D eigenvalue weighted by Crippen LogP contribution is 2.24. The van der Waals surface area contributed by atoms with Gasteiger partial charge in [0.2, 0.25) is 10.0 Å². The van der Waals surface area contributed by atoms with Crippen molar-refractivity contribution in [3.05, 3.63) is 36.4 Å². The van der Waals surface area contributed by atoms with Crippen LogP contribution in [0.5, 0.6) is 0 Å². The number of nitrogen functional groups attached to an aromatic ring is 1. The van der Waals surface area contributed by atoms with E-state index in [-0.39, 0.29) is 10.6 Å². The van der Waals surface area contributed by atoms with Gasteiger partial charge in [-0.2, -0.15) is 0 Å². The molecule has 0 saturated heterocycles. The number of rotatable bonds is 4. The quantitative estimate of drug-likeness (QED) is 0.788. The zero-order valence-electron chi connectivity index (χ0n) is 11.3. The van der Waals surface area contributed by atoms with Crippen LogP contribution in [0.15, 0.2) is 35.5 Å². The van der Waals surface area contributed by atoms with Crippen LogP contribution >= 0.6 is 0 Å². The molecule has 0 unspecified atom stereocenters. The molecule has 2 rings (SSSR count). The molecule has 1 heterocycles. The molecule has 0 saturated carbocycles. The van der Waals surface area contributed by atoms with Crippen molar-refractivity contribution < 1.29 is 8.42 Å². The van der Waals surface area contributed by atoms with Gasteiger partial charge >= 0.3 is 0 Å². The van der Waals surface area contributed by atoms with Crippen LogP contribution in [0.4, 0.5) is 11.4 Å². The number of aromatic nitrogens is 2. The molecule has 1 aromatic heterocycles. The van der Waals surface area contributed by atoms with Gasteiger partial charge in [0.15, 0.2) is 0 Å². The lowest BCUT2D eigenvalue weighted by molar-refractivity contribution is 0.598. The minimum atomic E-state index is -3.79. The summed E-state index contributed by atoms with van der Waals surface area (Å²) in [5, 5.41) is 5.08. The summed E-state index contributed by atoms with van der Waals surface area (Å²) >= 11 is 0. The van der Waals surface area contributed by atoms with Gasteiger partial charge in [0.1, 0.15) is 10.7 Å². The Hall–Kier alpha value is -2.06. The molecule has 0 fully saturated rings. The van der Waals surface area contributed by atoms with Crippen molar-refractivity contribution in [1.29, 1.82) is 0 Å². The maximum Gasteiger partial charge on any atom is 0.240 e. The molecule has 2 aromatic rings. The first-order valence-corrected chi connectivity index (χ1v) is 7.43. The van der Waals surface area contributed by atoms with E-state index in [9.17, 15) is 8.42 Å². The molecule has 4 N–H and O–H groups in total. The molecule has 0 atom stereocenters. The van der Waals surface area contributed by atoms with E-state index in [0.717, 1.165) is 11.5 Å². The van der Waals surface area contributed by atoms with Gasteiger partial charge in [-0.05, 0) is 18.2 Å². The minimum absolute atomic E-state index is 0.0633. The topological polar surface area (TPSA) is 107 Å². The number of nitrogens with two attached hydrogens (primary N) is 2. The van der Waals surface area contributed by atoms with Crippen LogP contribution < -0.4 is 15.8 Å². The van der Waals surface area contributed by atoms with Crippen molar-refractivity contribution in [2.24, 2.45) is 12.2 Å². The molecule has 0 bridgehead atoms. The van der Waals surface area contributed by atoms with Crippen LogP contribution in [-0.4, -0.2) is 25.0 Å². The van der Waals surface area contributed by atoms with Crippen molar-refractivity contribution in [1.82, 2.24) is 9.55 Å². The number of imidazole rings is 1. The first-order valence-electron chi connectivity index (χ1n) is 5.88. The Balaban J connectivity index is 2.26. The maximum absolute atomic E-state index is 11.3. The van der Waals surface area contributed by atoms with E-state index >= 15 is 0 Å². The van der Waals surface area contributed by atoms with E-state index in [1.165, 1.54) is 6.07 Å². The number of primary sulfonamides is 1. The van der Waals surface area contributed by atoms with Gasteiger partial charge in [-0.15, -0.1) is 0 Å². The lowest BCUT2D eigenvalue weighted by Crippen LogP contribution is -2.20. The van der Waals surface area contributed by atoms with E-state index in [1.807, 2.05) is 29.8 Å². The van der Waals surface area contributed by atoms with E-state index in [0.29, 0.717) is 6.54 Å². The summed E-state index contributed by atoms with van der Waals surface area (Å²) in [6.45, 7) is 0.581. The zero-order valence-corrected chi connectivity index (χ0v) is 12.1.